The van der Waals surface area contributed by atoms with E-state index in [0.29, 0.717) is 13.0 Å². The lowest BCUT2D eigenvalue weighted by Crippen LogP contribution is -2.08. The van der Waals surface area contributed by atoms with Crippen molar-refractivity contribution < 1.29 is 24.3 Å². The number of methoxy groups -OCH3 is 1. The zero-order valence-corrected chi connectivity index (χ0v) is 9.79. The molecule has 0 saturated heterocycles. The minimum atomic E-state index is -1.26. The van der Waals surface area contributed by atoms with Gasteiger partial charge in [0, 0.05) is 26.2 Å². The molecule has 0 radical (unpaired) electrons. The van der Waals surface area contributed by atoms with Crippen LogP contribution < -0.4 is 4.74 Å². The first kappa shape index (κ1) is 13.9. The van der Waals surface area contributed by atoms with Crippen molar-refractivity contribution >= 4 is 11.7 Å². The van der Waals surface area contributed by atoms with E-state index >= 15 is 0 Å². The van der Waals surface area contributed by atoms with Gasteiger partial charge >= 0.3 is 11.7 Å². The molecule has 0 aliphatic heterocycles. The minimum Gasteiger partial charge on any atom is -0.486 e. The number of hydrogen-bond donors (Lipinski definition) is 1. The number of benzene rings is 1. The second kappa shape index (κ2) is 6.55. The third kappa shape index (κ3) is 3.42. The molecule has 0 aliphatic carbocycles. The average Bonchev–Trinajstić information content (AvgIpc) is 2.34. The van der Waals surface area contributed by atoms with Gasteiger partial charge in [-0.05, 0) is 6.07 Å². The predicted octanol–water partition coefficient (Wildman–Crippen LogP) is 1.71. The highest BCUT2D eigenvalue weighted by Crippen LogP contribution is 2.30. The molecule has 0 heterocycles. The summed E-state index contributed by atoms with van der Waals surface area (Å²) in [5.74, 6) is -1.48. The lowest BCUT2D eigenvalue weighted by Gasteiger charge is -2.09. The van der Waals surface area contributed by atoms with E-state index in [1.165, 1.54) is 25.3 Å². The van der Waals surface area contributed by atoms with Gasteiger partial charge in [0.25, 0.3) is 0 Å². The fourth-order valence-electron chi connectivity index (χ4n) is 1.37. The third-order valence-corrected chi connectivity index (χ3v) is 2.16. The summed E-state index contributed by atoms with van der Waals surface area (Å²) in [4.78, 5) is 21.1. The van der Waals surface area contributed by atoms with E-state index in [4.69, 9.17) is 14.6 Å². The molecule has 7 heteroatoms. The standard InChI is InChI=1S/C11H13NO6/c1-17-6-3-7-18-10-8(11(13)14)4-2-5-9(10)12(15)16/h2,4-5H,3,6-7H2,1H3,(H,13,14). The molecule has 0 amide bonds. The summed E-state index contributed by atoms with van der Waals surface area (Å²) in [7, 11) is 1.52. The Morgan fingerprint density at radius 2 is 2.17 bits per heavy atom. The van der Waals surface area contributed by atoms with Crippen molar-refractivity contribution in [2.24, 2.45) is 0 Å². The number of hydrogen-bond acceptors (Lipinski definition) is 5. The second-order valence-electron chi connectivity index (χ2n) is 3.41. The molecular formula is C11H13NO6. The number of nitrogens with zero attached hydrogens (tertiary/aromatic N) is 1. The van der Waals surface area contributed by atoms with E-state index in [1.807, 2.05) is 0 Å². The molecule has 0 atom stereocenters. The SMILES string of the molecule is COCCCOc1c(C(=O)O)cccc1[N+](=O)[O-]. The zero-order valence-electron chi connectivity index (χ0n) is 9.79. The van der Waals surface area contributed by atoms with Crippen LogP contribution in [-0.2, 0) is 4.74 Å². The number of rotatable bonds is 7. The molecule has 0 fully saturated rings. The quantitative estimate of drug-likeness (QED) is 0.452. The van der Waals surface area contributed by atoms with Gasteiger partial charge in [0.1, 0.15) is 5.56 Å². The summed E-state index contributed by atoms with van der Waals surface area (Å²) in [5, 5.41) is 19.7. The van der Waals surface area contributed by atoms with Gasteiger partial charge < -0.3 is 14.6 Å². The van der Waals surface area contributed by atoms with E-state index in [2.05, 4.69) is 0 Å². The molecule has 7 nitrogen and oxygen atoms in total. The maximum atomic E-state index is 11.0. The average molecular weight is 255 g/mol. The summed E-state index contributed by atoms with van der Waals surface area (Å²) in [6.45, 7) is 0.585. The van der Waals surface area contributed by atoms with Crippen LogP contribution in [0.4, 0.5) is 5.69 Å². The molecule has 0 saturated carbocycles. The Hall–Kier alpha value is -2.15. The summed E-state index contributed by atoms with van der Waals surface area (Å²) < 4.78 is 10.00. The fraction of sp³-hybridized carbons (Fsp3) is 0.364. The molecule has 0 spiro atoms. The van der Waals surface area contributed by atoms with E-state index in [9.17, 15) is 14.9 Å². The van der Waals surface area contributed by atoms with E-state index in [0.717, 1.165) is 0 Å². The Kier molecular flexibility index (Phi) is 5.06. The van der Waals surface area contributed by atoms with Crippen molar-refractivity contribution in [3.8, 4) is 5.75 Å². The van der Waals surface area contributed by atoms with Crippen LogP contribution in [0.1, 0.15) is 16.8 Å². The first-order valence-electron chi connectivity index (χ1n) is 5.20. The Labute approximate surface area is 103 Å². The van der Waals surface area contributed by atoms with Crippen LogP contribution in [0.25, 0.3) is 0 Å². The molecule has 0 unspecified atom stereocenters. The van der Waals surface area contributed by atoms with Crippen LogP contribution in [0.15, 0.2) is 18.2 Å². The molecule has 1 aromatic rings. The van der Waals surface area contributed by atoms with Crippen molar-refractivity contribution in [2.45, 2.75) is 6.42 Å². The van der Waals surface area contributed by atoms with Gasteiger partial charge in [0.15, 0.2) is 0 Å². The number of ether oxygens (including phenoxy) is 2. The van der Waals surface area contributed by atoms with E-state index in [1.54, 1.807) is 0 Å². The molecular weight excluding hydrogens is 242 g/mol. The first-order chi connectivity index (χ1) is 8.57. The summed E-state index contributed by atoms with van der Waals surface area (Å²) in [5.41, 5.74) is -0.575. The topological polar surface area (TPSA) is 98.9 Å². The fourth-order valence-corrected chi connectivity index (χ4v) is 1.37. The van der Waals surface area contributed by atoms with E-state index in [-0.39, 0.29) is 23.6 Å². The summed E-state index contributed by atoms with van der Waals surface area (Å²) >= 11 is 0. The van der Waals surface area contributed by atoms with Crippen LogP contribution in [0, 0.1) is 10.1 Å². The van der Waals surface area contributed by atoms with Gasteiger partial charge in [-0.1, -0.05) is 6.07 Å². The highest BCUT2D eigenvalue weighted by molar-refractivity contribution is 5.92. The number of para-hydroxylation sites is 1. The van der Waals surface area contributed by atoms with Crippen molar-refractivity contribution in [1.82, 2.24) is 0 Å². The van der Waals surface area contributed by atoms with E-state index < -0.39 is 10.9 Å². The van der Waals surface area contributed by atoms with Gasteiger partial charge in [0.05, 0.1) is 11.5 Å². The van der Waals surface area contributed by atoms with Crippen molar-refractivity contribution in [3.63, 3.8) is 0 Å². The van der Waals surface area contributed by atoms with Gasteiger partial charge in [-0.25, -0.2) is 4.79 Å². The van der Waals surface area contributed by atoms with Crippen molar-refractivity contribution in [1.29, 1.82) is 0 Å². The Bertz CT molecular complexity index is 413. The van der Waals surface area contributed by atoms with Crippen molar-refractivity contribution in [2.75, 3.05) is 20.3 Å². The number of nitro benzene ring substituents is 1. The Morgan fingerprint density at radius 1 is 1.44 bits per heavy atom. The Balaban J connectivity index is 2.96. The maximum absolute atomic E-state index is 11.0. The monoisotopic (exact) mass is 255 g/mol. The van der Waals surface area contributed by atoms with Crippen LogP contribution in [0.3, 0.4) is 0 Å². The second-order valence-corrected chi connectivity index (χ2v) is 3.41. The van der Waals surface area contributed by atoms with Crippen molar-refractivity contribution in [3.05, 3.63) is 33.9 Å². The van der Waals surface area contributed by atoms with Gasteiger partial charge in [-0.15, -0.1) is 0 Å². The third-order valence-electron chi connectivity index (χ3n) is 2.16. The molecule has 1 N–H and O–H groups in total. The van der Waals surface area contributed by atoms with Crippen LogP contribution in [0.5, 0.6) is 5.75 Å². The van der Waals surface area contributed by atoms with Gasteiger partial charge in [-0.3, -0.25) is 10.1 Å². The van der Waals surface area contributed by atoms with Crippen LogP contribution >= 0.6 is 0 Å². The lowest BCUT2D eigenvalue weighted by molar-refractivity contribution is -0.385. The van der Waals surface area contributed by atoms with Crippen LogP contribution in [0.2, 0.25) is 0 Å². The molecule has 98 valence electrons. The number of carboxylic acids is 1. The normalized spacial score (nSPS) is 10.1. The molecule has 0 aromatic heterocycles. The highest BCUT2D eigenvalue weighted by Gasteiger charge is 2.22. The maximum Gasteiger partial charge on any atom is 0.339 e. The highest BCUT2D eigenvalue weighted by atomic mass is 16.6. The van der Waals surface area contributed by atoms with Gasteiger partial charge in [0.2, 0.25) is 5.75 Å². The van der Waals surface area contributed by atoms with Gasteiger partial charge in [-0.2, -0.15) is 0 Å². The molecule has 1 aromatic carbocycles. The zero-order chi connectivity index (χ0) is 13.5. The lowest BCUT2D eigenvalue weighted by atomic mass is 10.1. The number of carbonyl (C=O) groups is 1. The first-order valence-corrected chi connectivity index (χ1v) is 5.20. The number of aromatic carboxylic acids is 1. The predicted molar refractivity (Wildman–Crippen MR) is 62.0 cm³/mol. The minimum absolute atomic E-state index is 0.152. The Morgan fingerprint density at radius 3 is 2.72 bits per heavy atom. The number of nitro groups is 1. The molecule has 1 rings (SSSR count). The smallest absolute Gasteiger partial charge is 0.339 e. The molecule has 18 heavy (non-hydrogen) atoms. The largest absolute Gasteiger partial charge is 0.486 e. The summed E-state index contributed by atoms with van der Waals surface area (Å²) in [6.07, 6.45) is 0.515. The number of carboxylic acid groups (broad SMARTS) is 1. The molecule has 0 bridgehead atoms. The molecule has 0 aliphatic rings. The van der Waals surface area contributed by atoms with Crippen LogP contribution in [-0.4, -0.2) is 36.3 Å². The summed E-state index contributed by atoms with van der Waals surface area (Å²) in [6, 6.07) is 3.78.